The first-order valence-electron chi connectivity index (χ1n) is 10.1. The van der Waals surface area contributed by atoms with E-state index in [4.69, 9.17) is 14.2 Å². The van der Waals surface area contributed by atoms with Crippen molar-refractivity contribution in [2.75, 3.05) is 19.5 Å². The molecule has 0 spiro atoms. The Morgan fingerprint density at radius 1 is 0.879 bits per heavy atom. The number of fused-ring (bicyclic) bond motifs is 1. The van der Waals surface area contributed by atoms with Crippen LogP contribution in [0.1, 0.15) is 31.8 Å². The van der Waals surface area contributed by atoms with Gasteiger partial charge in [-0.05, 0) is 25.0 Å². The van der Waals surface area contributed by atoms with Gasteiger partial charge in [-0.2, -0.15) is 0 Å². The number of methoxy groups -OCH3 is 2. The molecule has 0 bridgehead atoms. The Hall–Kier alpha value is -4.20. The Bertz CT molecular complexity index is 1270. The molecule has 168 valence electrons. The van der Waals surface area contributed by atoms with Crippen molar-refractivity contribution in [2.24, 2.45) is 5.92 Å². The zero-order chi connectivity index (χ0) is 23.9. The summed E-state index contributed by atoms with van der Waals surface area (Å²) >= 11 is 0. The third kappa shape index (κ3) is 3.49. The van der Waals surface area contributed by atoms with E-state index in [1.807, 2.05) is 32.0 Å². The number of allylic oxidation sites excluding steroid dienone is 1. The van der Waals surface area contributed by atoms with Crippen LogP contribution < -0.4 is 5.32 Å². The zero-order valence-electron chi connectivity index (χ0n) is 18.5. The van der Waals surface area contributed by atoms with E-state index in [0.29, 0.717) is 5.69 Å². The lowest BCUT2D eigenvalue weighted by molar-refractivity contribution is -0.146. The first-order valence-corrected chi connectivity index (χ1v) is 10.1. The Morgan fingerprint density at radius 3 is 2.06 bits per heavy atom. The van der Waals surface area contributed by atoms with Gasteiger partial charge in [0, 0.05) is 16.8 Å². The topological polar surface area (TPSA) is 108 Å². The number of nitrogens with one attached hydrogen (secondary N) is 1. The maximum atomic E-state index is 13.4. The molecule has 0 saturated carbocycles. The minimum absolute atomic E-state index is 0.120. The molecule has 4 rings (SSSR count). The van der Waals surface area contributed by atoms with Crippen LogP contribution in [0.5, 0.6) is 0 Å². The Morgan fingerprint density at radius 2 is 1.48 bits per heavy atom. The van der Waals surface area contributed by atoms with E-state index in [1.165, 1.54) is 12.1 Å². The smallest absolute Gasteiger partial charge is 0.340 e. The standard InChI is InChI=1S/C25H21NO7/c1-12-8-7-9-13(2)19(12)26-23-18(25(30)32-4)16(24(29)31-3)17-20(27)14-10-5-6-11-15(14)21(28)22(17)33-23/h5-11,16,26H,1-4H3. The van der Waals surface area contributed by atoms with Crippen LogP contribution in [0, 0.1) is 19.8 Å². The van der Waals surface area contributed by atoms with Crippen molar-refractivity contribution in [3.8, 4) is 0 Å². The first kappa shape index (κ1) is 22.0. The van der Waals surface area contributed by atoms with E-state index in [9.17, 15) is 19.2 Å². The van der Waals surface area contributed by atoms with Crippen molar-refractivity contribution < 1.29 is 33.4 Å². The van der Waals surface area contributed by atoms with Gasteiger partial charge in [0.05, 0.1) is 19.8 Å². The van der Waals surface area contributed by atoms with Crippen LogP contribution in [0.15, 0.2) is 65.3 Å². The Labute approximate surface area is 189 Å². The average Bonchev–Trinajstić information content (AvgIpc) is 2.83. The summed E-state index contributed by atoms with van der Waals surface area (Å²) in [5, 5.41) is 3.04. The van der Waals surface area contributed by atoms with Crippen LogP contribution in [-0.4, -0.2) is 37.7 Å². The molecule has 8 heteroatoms. The van der Waals surface area contributed by atoms with Crippen molar-refractivity contribution >= 4 is 29.2 Å². The van der Waals surface area contributed by atoms with Crippen molar-refractivity contribution in [3.05, 3.63) is 87.5 Å². The summed E-state index contributed by atoms with van der Waals surface area (Å²) < 4.78 is 15.7. The Balaban J connectivity index is 1.95. The second kappa shape index (κ2) is 8.38. The number of para-hydroxylation sites is 1. The number of carbonyl (C=O) groups is 4. The molecule has 0 saturated heterocycles. The van der Waals surface area contributed by atoms with Crippen LogP contribution in [0.3, 0.4) is 0 Å². The van der Waals surface area contributed by atoms with Gasteiger partial charge in [0.25, 0.3) is 0 Å². The van der Waals surface area contributed by atoms with Gasteiger partial charge in [-0.15, -0.1) is 0 Å². The number of rotatable bonds is 4. The summed E-state index contributed by atoms with van der Waals surface area (Å²) in [4.78, 5) is 52.4. The van der Waals surface area contributed by atoms with Crippen molar-refractivity contribution in [2.45, 2.75) is 13.8 Å². The molecule has 1 N–H and O–H groups in total. The highest BCUT2D eigenvalue weighted by molar-refractivity contribution is 6.28. The number of anilines is 1. The largest absolute Gasteiger partial charge is 0.468 e. The highest BCUT2D eigenvalue weighted by Crippen LogP contribution is 2.41. The van der Waals surface area contributed by atoms with Gasteiger partial charge in [0.1, 0.15) is 11.5 Å². The molecule has 2 aromatic rings. The molecule has 2 aromatic carbocycles. The summed E-state index contributed by atoms with van der Waals surface area (Å²) in [6.45, 7) is 3.70. The molecule has 1 atom stereocenters. The lowest BCUT2D eigenvalue weighted by Crippen LogP contribution is -2.39. The maximum Gasteiger partial charge on any atom is 0.340 e. The SMILES string of the molecule is COC(=O)C1=C(Nc2c(C)cccc2C)OC2=C(C(=O)c3ccccc3C2=O)C1C(=O)OC. The molecule has 0 amide bonds. The summed E-state index contributed by atoms with van der Waals surface area (Å²) in [5.41, 5.74) is 2.05. The van der Waals surface area contributed by atoms with Crippen LogP contribution in [0.2, 0.25) is 0 Å². The number of carbonyl (C=O) groups excluding carboxylic acids is 4. The fourth-order valence-electron chi connectivity index (χ4n) is 4.06. The van der Waals surface area contributed by atoms with Gasteiger partial charge < -0.3 is 19.5 Å². The van der Waals surface area contributed by atoms with E-state index < -0.39 is 29.4 Å². The lowest BCUT2D eigenvalue weighted by Gasteiger charge is -2.32. The number of esters is 2. The highest BCUT2D eigenvalue weighted by atomic mass is 16.5. The van der Waals surface area contributed by atoms with Gasteiger partial charge in [0.15, 0.2) is 11.5 Å². The van der Waals surface area contributed by atoms with Gasteiger partial charge in [-0.1, -0.05) is 42.5 Å². The number of Topliss-reactive ketones (excluding diaryl/α,β-unsaturated/α-hetero) is 2. The summed E-state index contributed by atoms with van der Waals surface area (Å²) in [5.74, 6) is -4.97. The monoisotopic (exact) mass is 447 g/mol. The summed E-state index contributed by atoms with van der Waals surface area (Å²) in [6.07, 6.45) is 0. The second-order valence-electron chi connectivity index (χ2n) is 7.63. The lowest BCUT2D eigenvalue weighted by atomic mass is 9.78. The predicted octanol–water partition coefficient (Wildman–Crippen LogP) is 3.25. The number of ether oxygens (including phenoxy) is 3. The van der Waals surface area contributed by atoms with Crippen molar-refractivity contribution in [1.82, 2.24) is 0 Å². The van der Waals surface area contributed by atoms with Crippen molar-refractivity contribution in [1.29, 1.82) is 0 Å². The van der Waals surface area contributed by atoms with Crippen LogP contribution in [-0.2, 0) is 23.8 Å². The molecular weight excluding hydrogens is 426 g/mol. The fourth-order valence-corrected chi connectivity index (χ4v) is 4.06. The molecule has 1 heterocycles. The molecule has 8 nitrogen and oxygen atoms in total. The Kier molecular flexibility index (Phi) is 5.59. The van der Waals surface area contributed by atoms with E-state index in [1.54, 1.807) is 12.1 Å². The van der Waals surface area contributed by atoms with Gasteiger partial charge in [-0.25, -0.2) is 4.79 Å². The third-order valence-corrected chi connectivity index (χ3v) is 5.70. The van der Waals surface area contributed by atoms with E-state index in [0.717, 1.165) is 25.3 Å². The maximum absolute atomic E-state index is 13.4. The van der Waals surface area contributed by atoms with Gasteiger partial charge >= 0.3 is 11.9 Å². The minimum Gasteiger partial charge on any atom is -0.468 e. The molecule has 1 aliphatic carbocycles. The van der Waals surface area contributed by atoms with Crippen molar-refractivity contribution in [3.63, 3.8) is 0 Å². The first-order chi connectivity index (χ1) is 15.8. The number of hydrogen-bond donors (Lipinski definition) is 1. The van der Waals surface area contributed by atoms with Crippen LogP contribution in [0.25, 0.3) is 0 Å². The minimum atomic E-state index is -1.51. The normalized spacial score (nSPS) is 17.2. The van der Waals surface area contributed by atoms with Gasteiger partial charge in [0.2, 0.25) is 11.7 Å². The molecule has 0 radical (unpaired) electrons. The van der Waals surface area contributed by atoms with Crippen LogP contribution >= 0.6 is 0 Å². The third-order valence-electron chi connectivity index (χ3n) is 5.70. The number of hydrogen-bond acceptors (Lipinski definition) is 8. The summed E-state index contributed by atoms with van der Waals surface area (Å²) in [7, 11) is 2.28. The molecule has 2 aliphatic rings. The highest BCUT2D eigenvalue weighted by Gasteiger charge is 2.49. The predicted molar refractivity (Wildman–Crippen MR) is 117 cm³/mol. The van der Waals surface area contributed by atoms with E-state index >= 15 is 0 Å². The second-order valence-corrected chi connectivity index (χ2v) is 7.63. The van der Waals surface area contributed by atoms with Crippen LogP contribution in [0.4, 0.5) is 5.69 Å². The molecular formula is C25H21NO7. The number of ketones is 2. The molecule has 0 fully saturated rings. The van der Waals surface area contributed by atoms with E-state index in [-0.39, 0.29) is 33.9 Å². The quantitative estimate of drug-likeness (QED) is 0.712. The average molecular weight is 447 g/mol. The zero-order valence-corrected chi connectivity index (χ0v) is 18.5. The van der Waals surface area contributed by atoms with E-state index in [2.05, 4.69) is 5.32 Å². The molecule has 1 aliphatic heterocycles. The molecule has 33 heavy (non-hydrogen) atoms. The summed E-state index contributed by atoms with van der Waals surface area (Å²) in [6, 6.07) is 11.8. The number of aryl methyl sites for hydroxylation is 2. The van der Waals surface area contributed by atoms with Gasteiger partial charge in [-0.3, -0.25) is 14.4 Å². The molecule has 0 aromatic heterocycles. The number of benzene rings is 2. The fraction of sp³-hybridized carbons (Fsp3) is 0.200. The molecule has 1 unspecified atom stereocenters.